The van der Waals surface area contributed by atoms with Crippen molar-refractivity contribution in [2.45, 2.75) is 18.9 Å². The number of hydrogen-bond acceptors (Lipinski definition) is 4. The summed E-state index contributed by atoms with van der Waals surface area (Å²) in [7, 11) is 0. The van der Waals surface area contributed by atoms with Gasteiger partial charge in [-0.25, -0.2) is 0 Å². The standard InChI is InChI=1S/C14H17NO4/c16-11-4-5-15(9-11)14(17)10-2-3-12-13(8-10)19-7-1-6-18-12/h2-3,8,11,16H,1,4-7,9H2/t11-/m0/s1. The van der Waals surface area contributed by atoms with Crippen molar-refractivity contribution in [3.05, 3.63) is 23.8 Å². The molecule has 5 nitrogen and oxygen atoms in total. The smallest absolute Gasteiger partial charge is 0.254 e. The monoisotopic (exact) mass is 263 g/mol. The van der Waals surface area contributed by atoms with E-state index in [1.807, 2.05) is 0 Å². The summed E-state index contributed by atoms with van der Waals surface area (Å²) < 4.78 is 11.1. The van der Waals surface area contributed by atoms with E-state index in [-0.39, 0.29) is 5.91 Å². The SMILES string of the molecule is O=C(c1ccc2c(c1)OCCCO2)N1CC[C@H](O)C1. The number of nitrogens with zero attached hydrogens (tertiary/aromatic N) is 1. The largest absolute Gasteiger partial charge is 0.490 e. The first-order valence-electron chi connectivity index (χ1n) is 6.61. The normalized spacial score (nSPS) is 22.2. The Morgan fingerprint density at radius 2 is 2.05 bits per heavy atom. The van der Waals surface area contributed by atoms with Crippen LogP contribution in [0, 0.1) is 0 Å². The number of carbonyl (C=O) groups is 1. The van der Waals surface area contributed by atoms with Gasteiger partial charge in [-0.3, -0.25) is 4.79 Å². The van der Waals surface area contributed by atoms with E-state index in [1.54, 1.807) is 23.1 Å². The van der Waals surface area contributed by atoms with Crippen molar-refractivity contribution in [2.24, 2.45) is 0 Å². The van der Waals surface area contributed by atoms with Gasteiger partial charge in [-0.2, -0.15) is 0 Å². The number of carbonyl (C=O) groups excluding carboxylic acids is 1. The van der Waals surface area contributed by atoms with Crippen LogP contribution in [0.1, 0.15) is 23.2 Å². The third-order valence-electron chi connectivity index (χ3n) is 3.45. The van der Waals surface area contributed by atoms with E-state index in [0.717, 1.165) is 6.42 Å². The third kappa shape index (κ3) is 2.51. The molecule has 2 aliphatic rings. The van der Waals surface area contributed by atoms with E-state index < -0.39 is 6.10 Å². The van der Waals surface area contributed by atoms with E-state index >= 15 is 0 Å². The Morgan fingerprint density at radius 3 is 2.79 bits per heavy atom. The summed E-state index contributed by atoms with van der Waals surface area (Å²) in [5.74, 6) is 1.26. The Bertz CT molecular complexity index is 488. The van der Waals surface area contributed by atoms with Gasteiger partial charge in [0.2, 0.25) is 0 Å². The Labute approximate surface area is 111 Å². The number of likely N-dealkylation sites (tertiary alicyclic amines) is 1. The van der Waals surface area contributed by atoms with E-state index in [1.165, 1.54) is 0 Å². The maximum atomic E-state index is 12.3. The number of aliphatic hydroxyl groups excluding tert-OH is 1. The van der Waals surface area contributed by atoms with Gasteiger partial charge in [0.15, 0.2) is 11.5 Å². The summed E-state index contributed by atoms with van der Waals surface area (Å²) in [6.45, 7) is 2.26. The van der Waals surface area contributed by atoms with Crippen molar-refractivity contribution in [1.82, 2.24) is 4.90 Å². The van der Waals surface area contributed by atoms with Crippen LogP contribution in [0.15, 0.2) is 18.2 Å². The van der Waals surface area contributed by atoms with E-state index in [9.17, 15) is 9.90 Å². The Kier molecular flexibility index (Phi) is 3.29. The molecule has 0 saturated carbocycles. The van der Waals surface area contributed by atoms with E-state index in [4.69, 9.17) is 9.47 Å². The molecule has 2 heterocycles. The van der Waals surface area contributed by atoms with Gasteiger partial charge in [0, 0.05) is 25.1 Å². The molecule has 2 aliphatic heterocycles. The molecule has 0 unspecified atom stereocenters. The molecule has 1 N–H and O–H groups in total. The van der Waals surface area contributed by atoms with Crippen molar-refractivity contribution < 1.29 is 19.4 Å². The minimum Gasteiger partial charge on any atom is -0.490 e. The first-order valence-corrected chi connectivity index (χ1v) is 6.61. The highest BCUT2D eigenvalue weighted by molar-refractivity contribution is 5.95. The molecule has 1 amide bonds. The molecule has 0 aliphatic carbocycles. The topological polar surface area (TPSA) is 59.0 Å². The molecule has 19 heavy (non-hydrogen) atoms. The molecule has 1 fully saturated rings. The van der Waals surface area contributed by atoms with Crippen LogP contribution in [0.25, 0.3) is 0 Å². The second-order valence-corrected chi connectivity index (χ2v) is 4.91. The Morgan fingerprint density at radius 1 is 1.26 bits per heavy atom. The number of hydrogen-bond donors (Lipinski definition) is 1. The lowest BCUT2D eigenvalue weighted by atomic mass is 10.1. The Balaban J connectivity index is 1.81. The van der Waals surface area contributed by atoms with Gasteiger partial charge in [-0.1, -0.05) is 0 Å². The minimum absolute atomic E-state index is 0.0628. The van der Waals surface area contributed by atoms with Crippen LogP contribution in [-0.4, -0.2) is 48.3 Å². The van der Waals surface area contributed by atoms with Crippen molar-refractivity contribution in [1.29, 1.82) is 0 Å². The molecule has 1 aromatic carbocycles. The first kappa shape index (κ1) is 12.3. The van der Waals surface area contributed by atoms with Crippen molar-refractivity contribution in [3.63, 3.8) is 0 Å². The molecule has 0 bridgehead atoms. The molecule has 5 heteroatoms. The molecule has 1 saturated heterocycles. The van der Waals surface area contributed by atoms with E-state index in [0.29, 0.717) is 49.8 Å². The van der Waals surface area contributed by atoms with Crippen LogP contribution in [0.4, 0.5) is 0 Å². The van der Waals surface area contributed by atoms with Gasteiger partial charge in [0.05, 0.1) is 19.3 Å². The summed E-state index contributed by atoms with van der Waals surface area (Å²) in [6, 6.07) is 5.26. The predicted octanol–water partition coefficient (Wildman–Crippen LogP) is 1.05. The van der Waals surface area contributed by atoms with Gasteiger partial charge < -0.3 is 19.5 Å². The average molecular weight is 263 g/mol. The number of fused-ring (bicyclic) bond motifs is 1. The number of ether oxygens (including phenoxy) is 2. The lowest BCUT2D eigenvalue weighted by molar-refractivity contribution is 0.0764. The zero-order valence-corrected chi connectivity index (χ0v) is 10.7. The van der Waals surface area contributed by atoms with Crippen LogP contribution >= 0.6 is 0 Å². The highest BCUT2D eigenvalue weighted by Gasteiger charge is 2.26. The van der Waals surface area contributed by atoms with Gasteiger partial charge in [-0.15, -0.1) is 0 Å². The third-order valence-corrected chi connectivity index (χ3v) is 3.45. The zero-order chi connectivity index (χ0) is 13.2. The molecule has 1 atom stereocenters. The second kappa shape index (κ2) is 5.09. The quantitative estimate of drug-likeness (QED) is 0.823. The number of β-amino-alcohol motifs (C(OH)–C–C–N with tert-alkyl or cyclic N) is 1. The summed E-state index contributed by atoms with van der Waals surface area (Å²) in [4.78, 5) is 14.0. The fourth-order valence-electron chi connectivity index (χ4n) is 2.41. The molecule has 0 spiro atoms. The molecule has 0 radical (unpaired) electrons. The maximum Gasteiger partial charge on any atom is 0.254 e. The highest BCUT2D eigenvalue weighted by Crippen LogP contribution is 2.31. The van der Waals surface area contributed by atoms with Crippen LogP contribution in [0.5, 0.6) is 11.5 Å². The maximum absolute atomic E-state index is 12.3. The molecule has 0 aromatic heterocycles. The fraction of sp³-hybridized carbons (Fsp3) is 0.500. The zero-order valence-electron chi connectivity index (χ0n) is 10.7. The highest BCUT2D eigenvalue weighted by atomic mass is 16.5. The van der Waals surface area contributed by atoms with Gasteiger partial charge in [0.25, 0.3) is 5.91 Å². The minimum atomic E-state index is -0.399. The van der Waals surface area contributed by atoms with Crippen LogP contribution < -0.4 is 9.47 Å². The number of aliphatic hydroxyl groups is 1. The van der Waals surface area contributed by atoms with Gasteiger partial charge in [-0.05, 0) is 24.6 Å². The van der Waals surface area contributed by atoms with Crippen molar-refractivity contribution in [3.8, 4) is 11.5 Å². The molecule has 1 aromatic rings. The molecular formula is C14H17NO4. The lowest BCUT2D eigenvalue weighted by Crippen LogP contribution is -2.29. The number of amides is 1. The summed E-state index contributed by atoms with van der Waals surface area (Å²) >= 11 is 0. The van der Waals surface area contributed by atoms with E-state index in [2.05, 4.69) is 0 Å². The van der Waals surface area contributed by atoms with Gasteiger partial charge in [0.1, 0.15) is 0 Å². The fourth-order valence-corrected chi connectivity index (χ4v) is 2.41. The van der Waals surface area contributed by atoms with Crippen molar-refractivity contribution >= 4 is 5.91 Å². The Hall–Kier alpha value is -1.75. The van der Waals surface area contributed by atoms with Crippen LogP contribution in [0.2, 0.25) is 0 Å². The predicted molar refractivity (Wildman–Crippen MR) is 68.6 cm³/mol. The van der Waals surface area contributed by atoms with Crippen LogP contribution in [-0.2, 0) is 0 Å². The van der Waals surface area contributed by atoms with Crippen molar-refractivity contribution in [2.75, 3.05) is 26.3 Å². The second-order valence-electron chi connectivity index (χ2n) is 4.91. The van der Waals surface area contributed by atoms with Gasteiger partial charge >= 0.3 is 0 Å². The number of benzene rings is 1. The summed E-state index contributed by atoms with van der Waals surface area (Å²) in [5.41, 5.74) is 0.582. The summed E-state index contributed by atoms with van der Waals surface area (Å²) in [5, 5.41) is 9.49. The first-order chi connectivity index (χ1) is 9.24. The summed E-state index contributed by atoms with van der Waals surface area (Å²) in [6.07, 6.45) is 1.09. The average Bonchev–Trinajstić information content (AvgIpc) is 2.72. The molecule has 102 valence electrons. The molecular weight excluding hydrogens is 246 g/mol. The lowest BCUT2D eigenvalue weighted by Gasteiger charge is -2.16. The number of rotatable bonds is 1. The van der Waals surface area contributed by atoms with Crippen LogP contribution in [0.3, 0.4) is 0 Å². The molecule has 3 rings (SSSR count).